The molecule has 1 amide bonds. The standard InChI is InChI=1S/C11H15N3OS/c1-11(2,9(12)16)10(15)14-7-8-5-3-4-6-13-8/h3-6H,7H2,1-2H3,(H2,12,16)(H,14,15). The molecule has 3 N–H and O–H groups in total. The number of aromatic nitrogens is 1. The second-order valence-electron chi connectivity index (χ2n) is 3.99. The monoisotopic (exact) mass is 237 g/mol. The molecule has 1 rings (SSSR count). The molecular weight excluding hydrogens is 222 g/mol. The Morgan fingerprint density at radius 3 is 2.75 bits per heavy atom. The smallest absolute Gasteiger partial charge is 0.232 e. The van der Waals surface area contributed by atoms with Crippen LogP contribution in [0.5, 0.6) is 0 Å². The summed E-state index contributed by atoms with van der Waals surface area (Å²) in [6.07, 6.45) is 1.68. The van der Waals surface area contributed by atoms with Gasteiger partial charge in [0, 0.05) is 6.20 Å². The van der Waals surface area contributed by atoms with Crippen molar-refractivity contribution in [2.45, 2.75) is 20.4 Å². The molecule has 0 saturated carbocycles. The quantitative estimate of drug-likeness (QED) is 0.767. The predicted molar refractivity (Wildman–Crippen MR) is 66.7 cm³/mol. The van der Waals surface area contributed by atoms with Crippen molar-refractivity contribution in [1.82, 2.24) is 10.3 Å². The molecule has 0 aliphatic rings. The average Bonchev–Trinajstić information content (AvgIpc) is 2.27. The first-order chi connectivity index (χ1) is 7.44. The van der Waals surface area contributed by atoms with Crippen LogP contribution in [0.2, 0.25) is 0 Å². The first-order valence-corrected chi connectivity index (χ1v) is 5.33. The normalized spacial score (nSPS) is 10.9. The van der Waals surface area contributed by atoms with Crippen LogP contribution in [0.4, 0.5) is 0 Å². The number of carbonyl (C=O) groups excluding carboxylic acids is 1. The summed E-state index contributed by atoms with van der Waals surface area (Å²) >= 11 is 4.84. The van der Waals surface area contributed by atoms with E-state index in [9.17, 15) is 4.79 Å². The fourth-order valence-corrected chi connectivity index (χ4v) is 1.10. The predicted octanol–water partition coefficient (Wildman–Crippen LogP) is 1.01. The van der Waals surface area contributed by atoms with E-state index >= 15 is 0 Å². The van der Waals surface area contributed by atoms with Crippen molar-refractivity contribution >= 4 is 23.1 Å². The van der Waals surface area contributed by atoms with E-state index in [0.29, 0.717) is 6.54 Å². The minimum Gasteiger partial charge on any atom is -0.392 e. The lowest BCUT2D eigenvalue weighted by Crippen LogP contribution is -2.44. The number of pyridine rings is 1. The molecule has 0 aliphatic heterocycles. The summed E-state index contributed by atoms with van der Waals surface area (Å²) < 4.78 is 0. The van der Waals surface area contributed by atoms with Crippen molar-refractivity contribution in [3.05, 3.63) is 30.1 Å². The molecule has 0 fully saturated rings. The number of nitrogens with zero attached hydrogens (tertiary/aromatic N) is 1. The van der Waals surface area contributed by atoms with Crippen LogP contribution < -0.4 is 11.1 Å². The number of carbonyl (C=O) groups is 1. The van der Waals surface area contributed by atoms with E-state index in [2.05, 4.69) is 10.3 Å². The summed E-state index contributed by atoms with van der Waals surface area (Å²) in [6.45, 7) is 3.78. The third-order valence-corrected chi connectivity index (χ3v) is 2.85. The third-order valence-electron chi connectivity index (χ3n) is 2.34. The average molecular weight is 237 g/mol. The van der Waals surface area contributed by atoms with Gasteiger partial charge in [-0.3, -0.25) is 9.78 Å². The van der Waals surface area contributed by atoms with Gasteiger partial charge in [-0.2, -0.15) is 0 Å². The molecule has 1 heterocycles. The molecule has 0 aromatic carbocycles. The Kier molecular flexibility index (Phi) is 3.95. The lowest BCUT2D eigenvalue weighted by Gasteiger charge is -2.21. The van der Waals surface area contributed by atoms with Crippen molar-refractivity contribution < 1.29 is 4.79 Å². The van der Waals surface area contributed by atoms with E-state index in [1.165, 1.54) is 0 Å². The summed E-state index contributed by atoms with van der Waals surface area (Å²) in [6, 6.07) is 5.53. The second kappa shape index (κ2) is 5.03. The van der Waals surface area contributed by atoms with Crippen molar-refractivity contribution in [2.75, 3.05) is 0 Å². The molecule has 4 nitrogen and oxygen atoms in total. The molecule has 0 bridgehead atoms. The molecule has 1 aromatic rings. The molecule has 0 unspecified atom stereocenters. The van der Waals surface area contributed by atoms with Crippen LogP contribution >= 0.6 is 12.2 Å². The molecular formula is C11H15N3OS. The van der Waals surface area contributed by atoms with Gasteiger partial charge < -0.3 is 11.1 Å². The van der Waals surface area contributed by atoms with Crippen molar-refractivity contribution in [2.24, 2.45) is 11.1 Å². The topological polar surface area (TPSA) is 68.0 Å². The maximum atomic E-state index is 11.8. The summed E-state index contributed by atoms with van der Waals surface area (Å²) in [5, 5.41) is 2.75. The Hall–Kier alpha value is -1.49. The summed E-state index contributed by atoms with van der Waals surface area (Å²) in [7, 11) is 0. The first kappa shape index (κ1) is 12.6. The molecule has 0 atom stereocenters. The SMILES string of the molecule is CC(C)(C(=O)NCc1ccccn1)C(N)=S. The molecule has 1 aromatic heterocycles. The van der Waals surface area contributed by atoms with Gasteiger partial charge in [0.15, 0.2) is 0 Å². The van der Waals surface area contributed by atoms with Gasteiger partial charge in [0.05, 0.1) is 22.6 Å². The Balaban J connectivity index is 2.57. The third kappa shape index (κ3) is 3.00. The van der Waals surface area contributed by atoms with Crippen LogP contribution in [0.15, 0.2) is 24.4 Å². The molecule has 0 saturated heterocycles. The number of thiocarbonyl (C=S) groups is 1. The van der Waals surface area contributed by atoms with E-state index < -0.39 is 5.41 Å². The summed E-state index contributed by atoms with van der Waals surface area (Å²) in [5.74, 6) is -0.189. The number of hydrogen-bond acceptors (Lipinski definition) is 3. The molecule has 16 heavy (non-hydrogen) atoms. The van der Waals surface area contributed by atoms with E-state index in [4.69, 9.17) is 18.0 Å². The highest BCUT2D eigenvalue weighted by Crippen LogP contribution is 2.15. The maximum Gasteiger partial charge on any atom is 0.232 e. The van der Waals surface area contributed by atoms with Gasteiger partial charge in [-0.25, -0.2) is 0 Å². The fourth-order valence-electron chi connectivity index (χ4n) is 1.01. The largest absolute Gasteiger partial charge is 0.392 e. The van der Waals surface area contributed by atoms with Gasteiger partial charge in [0.2, 0.25) is 5.91 Å². The minimum atomic E-state index is -0.829. The van der Waals surface area contributed by atoms with Crippen LogP contribution in [0.3, 0.4) is 0 Å². The van der Waals surface area contributed by atoms with Crippen molar-refractivity contribution in [1.29, 1.82) is 0 Å². The van der Waals surface area contributed by atoms with Gasteiger partial charge in [0.25, 0.3) is 0 Å². The zero-order valence-electron chi connectivity index (χ0n) is 9.36. The Morgan fingerprint density at radius 1 is 1.56 bits per heavy atom. The number of rotatable bonds is 4. The zero-order valence-corrected chi connectivity index (χ0v) is 10.2. The van der Waals surface area contributed by atoms with Crippen LogP contribution in [0, 0.1) is 5.41 Å². The van der Waals surface area contributed by atoms with Gasteiger partial charge in [0.1, 0.15) is 0 Å². The zero-order chi connectivity index (χ0) is 12.2. The van der Waals surface area contributed by atoms with Crippen molar-refractivity contribution in [3.63, 3.8) is 0 Å². The minimum absolute atomic E-state index is 0.186. The van der Waals surface area contributed by atoms with Crippen LogP contribution in [-0.2, 0) is 11.3 Å². The van der Waals surface area contributed by atoms with Crippen molar-refractivity contribution in [3.8, 4) is 0 Å². The lowest BCUT2D eigenvalue weighted by molar-refractivity contribution is -0.126. The van der Waals surface area contributed by atoms with Gasteiger partial charge >= 0.3 is 0 Å². The van der Waals surface area contributed by atoms with E-state index in [-0.39, 0.29) is 10.9 Å². The summed E-state index contributed by atoms with van der Waals surface area (Å²) in [5.41, 5.74) is 5.47. The van der Waals surface area contributed by atoms with Gasteiger partial charge in [-0.05, 0) is 26.0 Å². The lowest BCUT2D eigenvalue weighted by atomic mass is 9.92. The molecule has 0 spiro atoms. The highest BCUT2D eigenvalue weighted by Gasteiger charge is 2.30. The summed E-state index contributed by atoms with van der Waals surface area (Å²) in [4.78, 5) is 16.1. The fraction of sp³-hybridized carbons (Fsp3) is 0.364. The van der Waals surface area contributed by atoms with E-state index in [1.807, 2.05) is 18.2 Å². The van der Waals surface area contributed by atoms with Crippen LogP contribution in [0.1, 0.15) is 19.5 Å². The Bertz CT molecular complexity index is 389. The van der Waals surface area contributed by atoms with Gasteiger partial charge in [-0.1, -0.05) is 18.3 Å². The Morgan fingerprint density at radius 2 is 2.25 bits per heavy atom. The van der Waals surface area contributed by atoms with Crippen LogP contribution in [-0.4, -0.2) is 15.9 Å². The Labute approximate surface area is 100 Å². The van der Waals surface area contributed by atoms with Crippen LogP contribution in [0.25, 0.3) is 0 Å². The highest BCUT2D eigenvalue weighted by atomic mass is 32.1. The number of nitrogens with two attached hydrogens (primary N) is 1. The molecule has 0 radical (unpaired) electrons. The van der Waals surface area contributed by atoms with E-state index in [1.54, 1.807) is 20.0 Å². The molecule has 0 aliphatic carbocycles. The molecule has 5 heteroatoms. The number of hydrogen-bond donors (Lipinski definition) is 2. The maximum absolute atomic E-state index is 11.8. The molecule has 86 valence electrons. The second-order valence-corrected chi connectivity index (χ2v) is 4.43. The van der Waals surface area contributed by atoms with Gasteiger partial charge in [-0.15, -0.1) is 0 Å². The first-order valence-electron chi connectivity index (χ1n) is 4.92. The number of amides is 1. The number of nitrogens with one attached hydrogen (secondary N) is 1. The highest BCUT2D eigenvalue weighted by molar-refractivity contribution is 7.80. The van der Waals surface area contributed by atoms with E-state index in [0.717, 1.165) is 5.69 Å².